The molecule has 3 aromatic heterocycles. The fraction of sp³-hybridized carbons (Fsp3) is 0.333. The van der Waals surface area contributed by atoms with Crippen LogP contribution in [-0.2, 0) is 12.6 Å². The summed E-state index contributed by atoms with van der Waals surface area (Å²) in [6.07, 6.45) is -1.41. The Kier molecular flexibility index (Phi) is 7.84. The van der Waals surface area contributed by atoms with Gasteiger partial charge in [-0.1, -0.05) is 45.9 Å². The van der Waals surface area contributed by atoms with E-state index in [4.69, 9.17) is 0 Å². The van der Waals surface area contributed by atoms with Crippen LogP contribution < -0.4 is 0 Å². The number of H-pyrrole nitrogens is 1. The van der Waals surface area contributed by atoms with Crippen molar-refractivity contribution < 1.29 is 17.6 Å². The molecule has 0 amide bonds. The zero-order valence-corrected chi connectivity index (χ0v) is 17.9. The fourth-order valence-electron chi connectivity index (χ4n) is 2.72. The van der Waals surface area contributed by atoms with Gasteiger partial charge >= 0.3 is 6.18 Å². The van der Waals surface area contributed by atoms with Gasteiger partial charge in [0.25, 0.3) is 0 Å². The highest BCUT2D eigenvalue weighted by Crippen LogP contribution is 2.28. The number of halogens is 4. The van der Waals surface area contributed by atoms with E-state index >= 15 is 0 Å². The number of alkyl halides is 3. The van der Waals surface area contributed by atoms with Gasteiger partial charge in [0.2, 0.25) is 11.6 Å². The molecule has 0 spiro atoms. The van der Waals surface area contributed by atoms with Crippen LogP contribution in [0, 0.1) is 12.7 Å². The topological polar surface area (TPSA) is 71.8 Å². The number of fused-ring (bicyclic) bond motifs is 1. The lowest BCUT2D eigenvalue weighted by molar-refractivity contribution is -0.144. The van der Waals surface area contributed by atoms with Crippen LogP contribution in [0.1, 0.15) is 50.5 Å². The normalized spacial score (nSPS) is 10.9. The molecule has 10 heteroatoms. The van der Waals surface area contributed by atoms with Gasteiger partial charge in [0.1, 0.15) is 11.5 Å². The summed E-state index contributed by atoms with van der Waals surface area (Å²) in [7, 11) is 0. The molecule has 1 N–H and O–H groups in total. The molecule has 0 unspecified atom stereocenters. The van der Waals surface area contributed by atoms with Crippen LogP contribution in [0.3, 0.4) is 0 Å². The molecule has 0 aliphatic rings. The SMILES string of the molecule is CC.CC.Cc1cnc2c(Cc3ccccc3F)nc(-c3n[nH]c(C(F)(F)F)n3)cn12. The Morgan fingerprint density at radius 2 is 1.71 bits per heavy atom. The molecule has 1 aromatic carbocycles. The molecule has 0 atom stereocenters. The molecule has 0 saturated carbocycles. The Hall–Kier alpha value is -3.30. The van der Waals surface area contributed by atoms with Crippen LogP contribution in [0.2, 0.25) is 0 Å². The van der Waals surface area contributed by atoms with E-state index in [0.717, 1.165) is 5.69 Å². The second-order valence-corrected chi connectivity index (χ2v) is 5.94. The Balaban J connectivity index is 0.000000807. The highest BCUT2D eigenvalue weighted by Gasteiger charge is 2.35. The number of nitrogens with zero attached hydrogens (tertiary/aromatic N) is 5. The maximum absolute atomic E-state index is 14.0. The Morgan fingerprint density at radius 3 is 2.32 bits per heavy atom. The molecule has 0 fully saturated rings. The van der Waals surface area contributed by atoms with Crippen LogP contribution in [0.5, 0.6) is 0 Å². The monoisotopic (exact) mass is 436 g/mol. The van der Waals surface area contributed by atoms with Crippen LogP contribution in [0.15, 0.2) is 36.7 Å². The van der Waals surface area contributed by atoms with E-state index in [0.29, 0.717) is 16.9 Å². The highest BCUT2D eigenvalue weighted by molar-refractivity contribution is 5.56. The third kappa shape index (κ3) is 5.25. The summed E-state index contributed by atoms with van der Waals surface area (Å²) in [5, 5.41) is 5.48. The zero-order chi connectivity index (χ0) is 23.2. The Bertz CT molecular complexity index is 1130. The predicted molar refractivity (Wildman–Crippen MR) is 110 cm³/mol. The van der Waals surface area contributed by atoms with E-state index < -0.39 is 17.8 Å². The molecule has 4 aromatic rings. The molecule has 0 aliphatic carbocycles. The molecular formula is C21H24F4N6. The van der Waals surface area contributed by atoms with Gasteiger partial charge in [-0.15, -0.1) is 0 Å². The summed E-state index contributed by atoms with van der Waals surface area (Å²) in [6.45, 7) is 9.79. The van der Waals surface area contributed by atoms with Crippen molar-refractivity contribution >= 4 is 5.65 Å². The number of aryl methyl sites for hydroxylation is 1. The number of rotatable bonds is 3. The minimum atomic E-state index is -4.64. The van der Waals surface area contributed by atoms with Crippen molar-refractivity contribution in [1.82, 2.24) is 29.5 Å². The van der Waals surface area contributed by atoms with Crippen molar-refractivity contribution in [3.8, 4) is 11.5 Å². The lowest BCUT2D eigenvalue weighted by atomic mass is 10.1. The van der Waals surface area contributed by atoms with Crippen LogP contribution in [0.25, 0.3) is 17.2 Å². The first-order valence-electron chi connectivity index (χ1n) is 9.90. The van der Waals surface area contributed by atoms with Gasteiger partial charge in [-0.2, -0.15) is 18.3 Å². The molecule has 0 radical (unpaired) electrons. The van der Waals surface area contributed by atoms with Crippen molar-refractivity contribution in [1.29, 1.82) is 0 Å². The van der Waals surface area contributed by atoms with Crippen molar-refractivity contribution in [3.05, 3.63) is 65.3 Å². The van der Waals surface area contributed by atoms with Gasteiger partial charge in [-0.05, 0) is 18.6 Å². The van der Waals surface area contributed by atoms with Crippen LogP contribution >= 0.6 is 0 Å². The van der Waals surface area contributed by atoms with Gasteiger partial charge < -0.3 is 4.40 Å². The Morgan fingerprint density at radius 1 is 1.03 bits per heavy atom. The van der Waals surface area contributed by atoms with Crippen molar-refractivity contribution in [2.45, 2.75) is 47.2 Å². The van der Waals surface area contributed by atoms with E-state index in [1.54, 1.807) is 35.7 Å². The lowest BCUT2D eigenvalue weighted by Gasteiger charge is -2.07. The number of hydrogen-bond donors (Lipinski definition) is 1. The number of aromatic nitrogens is 6. The quantitative estimate of drug-likeness (QED) is 0.423. The zero-order valence-electron chi connectivity index (χ0n) is 17.9. The van der Waals surface area contributed by atoms with E-state index in [2.05, 4.69) is 20.1 Å². The van der Waals surface area contributed by atoms with E-state index in [9.17, 15) is 17.6 Å². The molecule has 4 rings (SSSR count). The average Bonchev–Trinajstić information content (AvgIpc) is 3.40. The number of imidazole rings is 1. The first-order chi connectivity index (χ1) is 14.8. The predicted octanol–water partition coefficient (Wildman–Crippen LogP) is 5.62. The van der Waals surface area contributed by atoms with E-state index in [-0.39, 0.29) is 17.9 Å². The molecule has 0 aliphatic heterocycles. The van der Waals surface area contributed by atoms with Gasteiger partial charge in [-0.25, -0.2) is 19.3 Å². The number of aromatic amines is 1. The molecule has 6 nitrogen and oxygen atoms in total. The summed E-state index contributed by atoms with van der Waals surface area (Å²) in [5.74, 6) is -1.81. The molecular weight excluding hydrogens is 412 g/mol. The summed E-state index contributed by atoms with van der Waals surface area (Å²) in [5.41, 5.74) is 2.17. The third-order valence-corrected chi connectivity index (χ3v) is 4.05. The molecule has 0 bridgehead atoms. The van der Waals surface area contributed by atoms with E-state index in [1.807, 2.05) is 32.8 Å². The average molecular weight is 436 g/mol. The summed E-state index contributed by atoms with van der Waals surface area (Å²) >= 11 is 0. The van der Waals surface area contributed by atoms with Gasteiger partial charge in [0.05, 0.1) is 5.69 Å². The van der Waals surface area contributed by atoms with Gasteiger partial charge in [0, 0.05) is 24.5 Å². The van der Waals surface area contributed by atoms with Crippen molar-refractivity contribution in [2.24, 2.45) is 0 Å². The Labute approximate surface area is 177 Å². The van der Waals surface area contributed by atoms with Crippen molar-refractivity contribution in [3.63, 3.8) is 0 Å². The first-order valence-corrected chi connectivity index (χ1v) is 9.90. The highest BCUT2D eigenvalue weighted by atomic mass is 19.4. The summed E-state index contributed by atoms with van der Waals surface area (Å²) in [6, 6.07) is 6.22. The largest absolute Gasteiger partial charge is 0.451 e. The molecule has 31 heavy (non-hydrogen) atoms. The molecule has 3 heterocycles. The standard InChI is InChI=1S/C17H12F4N6.2C2H6/c1-9-7-22-15-12(6-10-4-2-3-5-11(10)18)23-13(8-27(9)15)14-24-16(26-25-14)17(19,20)21;2*1-2/h2-5,7-8H,6H2,1H3,(H,24,25,26);2*1-2H3. The second kappa shape index (κ2) is 10.1. The number of nitrogens with one attached hydrogen (secondary N) is 1. The van der Waals surface area contributed by atoms with E-state index in [1.165, 1.54) is 12.3 Å². The third-order valence-electron chi connectivity index (χ3n) is 4.05. The summed E-state index contributed by atoms with van der Waals surface area (Å²) < 4.78 is 54.1. The second-order valence-electron chi connectivity index (χ2n) is 5.94. The maximum atomic E-state index is 14.0. The smallest absolute Gasteiger partial charge is 0.301 e. The van der Waals surface area contributed by atoms with Crippen LogP contribution in [0.4, 0.5) is 17.6 Å². The lowest BCUT2D eigenvalue weighted by Crippen LogP contribution is -2.07. The number of hydrogen-bond acceptors (Lipinski definition) is 4. The van der Waals surface area contributed by atoms with Gasteiger partial charge in [0.15, 0.2) is 5.65 Å². The first kappa shape index (κ1) is 24.0. The van der Waals surface area contributed by atoms with Crippen molar-refractivity contribution in [2.75, 3.05) is 0 Å². The maximum Gasteiger partial charge on any atom is 0.451 e. The summed E-state index contributed by atoms with van der Waals surface area (Å²) in [4.78, 5) is 12.1. The number of benzene rings is 1. The minimum absolute atomic E-state index is 0.122. The molecule has 0 saturated heterocycles. The minimum Gasteiger partial charge on any atom is -0.301 e. The molecule has 166 valence electrons. The van der Waals surface area contributed by atoms with Gasteiger partial charge in [-0.3, -0.25) is 5.10 Å². The van der Waals surface area contributed by atoms with Crippen LogP contribution in [-0.4, -0.2) is 29.5 Å². The fourth-order valence-corrected chi connectivity index (χ4v) is 2.72.